The third kappa shape index (κ3) is 5.52. The summed E-state index contributed by atoms with van der Waals surface area (Å²) in [6, 6.07) is 7.86. The first-order valence-electron chi connectivity index (χ1n) is 7.45. The smallest absolute Gasteiger partial charge is 0.173 e. The van der Waals surface area contributed by atoms with E-state index in [1.54, 1.807) is 6.08 Å². The second kappa shape index (κ2) is 7.61. The second-order valence-corrected chi connectivity index (χ2v) is 7.28. The Labute approximate surface area is 127 Å². The number of sulfone groups is 1. The Hall–Kier alpha value is -1.33. The Morgan fingerprint density at radius 2 is 2.00 bits per heavy atom. The normalized spacial score (nSPS) is 19.8. The van der Waals surface area contributed by atoms with Crippen molar-refractivity contribution < 1.29 is 13.2 Å². The summed E-state index contributed by atoms with van der Waals surface area (Å²) in [6.07, 6.45) is 5.18. The number of hydrogen-bond donors (Lipinski definition) is 1. The van der Waals surface area contributed by atoms with Crippen LogP contribution < -0.4 is 10.1 Å². The van der Waals surface area contributed by atoms with Gasteiger partial charge >= 0.3 is 0 Å². The summed E-state index contributed by atoms with van der Waals surface area (Å²) in [4.78, 5) is 0. The summed E-state index contributed by atoms with van der Waals surface area (Å²) >= 11 is 0. The summed E-state index contributed by atoms with van der Waals surface area (Å²) in [6.45, 7) is 3.59. The van der Waals surface area contributed by atoms with Crippen LogP contribution in [0, 0.1) is 0 Å². The summed E-state index contributed by atoms with van der Waals surface area (Å²) in [7, 11) is -2.98. The fraction of sp³-hybridized carbons (Fsp3) is 0.500. The van der Waals surface area contributed by atoms with E-state index in [4.69, 9.17) is 4.74 Å². The van der Waals surface area contributed by atoms with E-state index in [1.165, 1.54) is 18.2 Å². The van der Waals surface area contributed by atoms with Gasteiger partial charge in [0.1, 0.15) is 5.75 Å². The molecule has 0 bridgehead atoms. The van der Waals surface area contributed by atoms with E-state index < -0.39 is 9.84 Å². The van der Waals surface area contributed by atoms with Crippen molar-refractivity contribution in [3.8, 4) is 5.75 Å². The van der Waals surface area contributed by atoms with E-state index in [1.807, 2.05) is 24.3 Å². The van der Waals surface area contributed by atoms with Crippen LogP contribution in [0.5, 0.6) is 5.75 Å². The van der Waals surface area contributed by atoms with Crippen LogP contribution in [0.4, 0.5) is 0 Å². The molecule has 1 unspecified atom stereocenters. The van der Waals surface area contributed by atoms with Crippen molar-refractivity contribution in [1.29, 1.82) is 0 Å². The molecule has 1 aliphatic rings. The molecule has 1 N–H and O–H groups in total. The van der Waals surface area contributed by atoms with Crippen LogP contribution in [-0.4, -0.2) is 26.8 Å². The predicted molar refractivity (Wildman–Crippen MR) is 85.0 cm³/mol. The molecule has 1 heterocycles. The molecule has 0 saturated heterocycles. The third-order valence-corrected chi connectivity index (χ3v) is 4.83. The number of hydrogen-bond acceptors (Lipinski definition) is 4. The molecule has 21 heavy (non-hydrogen) atoms. The average molecular weight is 309 g/mol. The van der Waals surface area contributed by atoms with Crippen LogP contribution in [0.15, 0.2) is 35.7 Å². The van der Waals surface area contributed by atoms with Crippen LogP contribution >= 0.6 is 0 Å². The van der Waals surface area contributed by atoms with Crippen LogP contribution in [0.25, 0.3) is 0 Å². The Morgan fingerprint density at radius 3 is 2.62 bits per heavy atom. The minimum absolute atomic E-state index is 0.0834. The molecule has 5 heteroatoms. The largest absolute Gasteiger partial charge is 0.494 e. The maximum absolute atomic E-state index is 11.3. The topological polar surface area (TPSA) is 55.4 Å². The zero-order valence-electron chi connectivity index (χ0n) is 12.4. The van der Waals surface area contributed by atoms with Crippen molar-refractivity contribution in [2.24, 2.45) is 0 Å². The maximum atomic E-state index is 11.3. The molecule has 0 radical (unpaired) electrons. The molecule has 0 amide bonds. The highest BCUT2D eigenvalue weighted by atomic mass is 32.2. The fourth-order valence-corrected chi connectivity index (χ4v) is 3.47. The number of nitrogens with one attached hydrogen (secondary N) is 1. The SMILES string of the molecule is CCCCCOc1ccc(CNC2C=CS(=O)(=O)C2)cc1. The monoisotopic (exact) mass is 309 g/mol. The number of ether oxygens (including phenoxy) is 1. The average Bonchev–Trinajstić information content (AvgIpc) is 2.82. The zero-order valence-corrected chi connectivity index (χ0v) is 13.2. The van der Waals surface area contributed by atoms with Crippen molar-refractivity contribution in [3.05, 3.63) is 41.3 Å². The Balaban J connectivity index is 1.74. The standard InChI is InChI=1S/C16H23NO3S/c1-2-3-4-10-20-16-7-5-14(6-8-16)12-17-15-9-11-21(18,19)13-15/h5-9,11,15,17H,2-4,10,12-13H2,1H3. The van der Waals surface area contributed by atoms with Gasteiger partial charge in [-0.2, -0.15) is 0 Å². The molecular weight excluding hydrogens is 286 g/mol. The van der Waals surface area contributed by atoms with Gasteiger partial charge in [-0.05, 0) is 24.1 Å². The Morgan fingerprint density at radius 1 is 1.24 bits per heavy atom. The minimum Gasteiger partial charge on any atom is -0.494 e. The highest BCUT2D eigenvalue weighted by molar-refractivity contribution is 7.94. The van der Waals surface area contributed by atoms with Crippen LogP contribution in [0.2, 0.25) is 0 Å². The molecule has 4 nitrogen and oxygen atoms in total. The van der Waals surface area contributed by atoms with E-state index in [-0.39, 0.29) is 11.8 Å². The number of unbranched alkanes of at least 4 members (excludes halogenated alkanes) is 2. The van der Waals surface area contributed by atoms with Crippen molar-refractivity contribution in [2.45, 2.75) is 38.8 Å². The maximum Gasteiger partial charge on any atom is 0.173 e. The van der Waals surface area contributed by atoms with Gasteiger partial charge in [0.25, 0.3) is 0 Å². The van der Waals surface area contributed by atoms with Gasteiger partial charge in [-0.25, -0.2) is 8.42 Å². The summed E-state index contributed by atoms with van der Waals surface area (Å²) in [5.41, 5.74) is 1.12. The lowest BCUT2D eigenvalue weighted by Crippen LogP contribution is -2.29. The van der Waals surface area contributed by atoms with Gasteiger partial charge < -0.3 is 10.1 Å². The molecule has 1 aromatic carbocycles. The van der Waals surface area contributed by atoms with Crippen molar-refractivity contribution in [3.63, 3.8) is 0 Å². The van der Waals surface area contributed by atoms with E-state index >= 15 is 0 Å². The quantitative estimate of drug-likeness (QED) is 0.750. The van der Waals surface area contributed by atoms with Gasteiger partial charge in [0.2, 0.25) is 0 Å². The number of rotatable bonds is 8. The van der Waals surface area contributed by atoms with Gasteiger partial charge in [-0.15, -0.1) is 0 Å². The zero-order chi connectivity index (χ0) is 15.1. The lowest BCUT2D eigenvalue weighted by Gasteiger charge is -2.10. The van der Waals surface area contributed by atoms with Crippen LogP contribution in [0.1, 0.15) is 31.7 Å². The molecule has 0 aliphatic carbocycles. The van der Waals surface area contributed by atoms with Gasteiger partial charge in [0.15, 0.2) is 9.84 Å². The molecule has 1 aromatic rings. The van der Waals surface area contributed by atoms with E-state index in [9.17, 15) is 8.42 Å². The van der Waals surface area contributed by atoms with Crippen molar-refractivity contribution in [1.82, 2.24) is 5.32 Å². The summed E-state index contributed by atoms with van der Waals surface area (Å²) in [5.74, 6) is 1.05. The van der Waals surface area contributed by atoms with E-state index in [0.717, 1.165) is 24.3 Å². The lowest BCUT2D eigenvalue weighted by atomic mass is 10.2. The summed E-state index contributed by atoms with van der Waals surface area (Å²) < 4.78 is 28.3. The molecule has 0 saturated carbocycles. The first kappa shape index (κ1) is 16.0. The van der Waals surface area contributed by atoms with Crippen LogP contribution in [0.3, 0.4) is 0 Å². The second-order valence-electron chi connectivity index (χ2n) is 5.34. The van der Waals surface area contributed by atoms with Gasteiger partial charge in [0, 0.05) is 18.0 Å². The molecule has 0 spiro atoms. The Kier molecular flexibility index (Phi) is 5.82. The third-order valence-electron chi connectivity index (χ3n) is 3.44. The van der Waals surface area contributed by atoms with Gasteiger partial charge in [0.05, 0.1) is 12.4 Å². The van der Waals surface area contributed by atoms with Gasteiger partial charge in [-0.3, -0.25) is 0 Å². The van der Waals surface area contributed by atoms with Crippen molar-refractivity contribution in [2.75, 3.05) is 12.4 Å². The molecular formula is C16H23NO3S. The molecule has 0 fully saturated rings. The van der Waals surface area contributed by atoms with Crippen LogP contribution in [-0.2, 0) is 16.4 Å². The highest BCUT2D eigenvalue weighted by Gasteiger charge is 2.20. The summed E-state index contributed by atoms with van der Waals surface area (Å²) in [5, 5.41) is 4.52. The molecule has 1 aliphatic heterocycles. The van der Waals surface area contributed by atoms with Gasteiger partial charge in [-0.1, -0.05) is 38.0 Å². The minimum atomic E-state index is -2.98. The Bertz CT molecular complexity index is 564. The molecule has 2 rings (SSSR count). The first-order valence-corrected chi connectivity index (χ1v) is 9.17. The molecule has 1 atom stereocenters. The number of benzene rings is 1. The predicted octanol–water partition coefficient (Wildman–Crippen LogP) is 2.66. The van der Waals surface area contributed by atoms with E-state index in [0.29, 0.717) is 6.54 Å². The lowest BCUT2D eigenvalue weighted by molar-refractivity contribution is 0.306. The molecule has 116 valence electrons. The fourth-order valence-electron chi connectivity index (χ4n) is 2.20. The first-order chi connectivity index (χ1) is 10.1. The highest BCUT2D eigenvalue weighted by Crippen LogP contribution is 2.14. The molecule has 0 aromatic heterocycles. The van der Waals surface area contributed by atoms with Crippen molar-refractivity contribution >= 4 is 9.84 Å². The van der Waals surface area contributed by atoms with E-state index in [2.05, 4.69) is 12.2 Å².